The van der Waals surface area contributed by atoms with Crippen LogP contribution in [0, 0.1) is 0 Å². The fraction of sp³-hybridized carbons (Fsp3) is 0.200. The quantitative estimate of drug-likeness (QED) is 0.175. The van der Waals surface area contributed by atoms with Gasteiger partial charge in [-0.05, 0) is 31.0 Å². The first-order valence-electron chi connectivity index (χ1n) is 11.6. The van der Waals surface area contributed by atoms with Crippen molar-refractivity contribution in [2.45, 2.75) is 20.0 Å². The Morgan fingerprint density at radius 2 is 1.46 bits per heavy atom. The Bertz CT molecular complexity index is 1100. The van der Waals surface area contributed by atoms with Crippen LogP contribution in [0.2, 0.25) is 0 Å². The first-order chi connectivity index (χ1) is 18.6. The molecular formula is C30H34O9. The molecule has 0 unspecified atom stereocenters. The number of ether oxygens (including phenoxy) is 4. The summed E-state index contributed by atoms with van der Waals surface area (Å²) in [5.41, 5.74) is 1.55. The summed E-state index contributed by atoms with van der Waals surface area (Å²) in [6.07, 6.45) is 3.62. The highest BCUT2D eigenvalue weighted by Gasteiger charge is 2.07. The summed E-state index contributed by atoms with van der Waals surface area (Å²) in [4.78, 5) is 42.5. The highest BCUT2D eigenvalue weighted by molar-refractivity contribution is 5.88. The Morgan fingerprint density at radius 3 is 1.95 bits per heavy atom. The summed E-state index contributed by atoms with van der Waals surface area (Å²) in [6, 6.07) is 18.6. The highest BCUT2D eigenvalue weighted by Crippen LogP contribution is 2.08. The zero-order chi connectivity index (χ0) is 29.5. The average Bonchev–Trinajstić information content (AvgIpc) is 2.94. The SMILES string of the molecule is C=C(C)C(=O)OC.C=C(CC=CC(=O)O)C(=O)OCc1ccccc1.C=CC(=O)OCCOc1ccccc1. The van der Waals surface area contributed by atoms with Gasteiger partial charge in [-0.2, -0.15) is 0 Å². The lowest BCUT2D eigenvalue weighted by atomic mass is 10.2. The Kier molecular flexibility index (Phi) is 18.5. The molecule has 0 saturated carbocycles. The zero-order valence-electron chi connectivity index (χ0n) is 22.2. The number of hydrogen-bond acceptors (Lipinski definition) is 8. The molecule has 39 heavy (non-hydrogen) atoms. The smallest absolute Gasteiger partial charge is 0.334 e. The van der Waals surface area contributed by atoms with E-state index >= 15 is 0 Å². The third-order valence-electron chi connectivity index (χ3n) is 4.17. The first-order valence-corrected chi connectivity index (χ1v) is 11.6. The molecule has 2 aromatic rings. The van der Waals surface area contributed by atoms with Crippen LogP contribution < -0.4 is 4.74 Å². The van der Waals surface area contributed by atoms with Crippen LogP contribution in [-0.4, -0.2) is 49.3 Å². The van der Waals surface area contributed by atoms with E-state index in [2.05, 4.69) is 24.5 Å². The molecule has 0 aliphatic carbocycles. The molecule has 0 radical (unpaired) electrons. The molecule has 2 aromatic carbocycles. The van der Waals surface area contributed by atoms with E-state index in [9.17, 15) is 19.2 Å². The number of carboxylic acids is 1. The third kappa shape index (κ3) is 18.9. The van der Waals surface area contributed by atoms with E-state index in [1.807, 2.05) is 60.7 Å². The van der Waals surface area contributed by atoms with E-state index < -0.39 is 17.9 Å². The molecule has 2 rings (SSSR count). The second kappa shape index (κ2) is 21.2. The van der Waals surface area contributed by atoms with Crippen molar-refractivity contribution < 1.29 is 43.2 Å². The number of hydrogen-bond donors (Lipinski definition) is 1. The van der Waals surface area contributed by atoms with Crippen LogP contribution >= 0.6 is 0 Å². The number of rotatable bonds is 12. The Balaban J connectivity index is 0.000000610. The summed E-state index contributed by atoms with van der Waals surface area (Å²) in [7, 11) is 1.33. The van der Waals surface area contributed by atoms with Crippen molar-refractivity contribution in [1.82, 2.24) is 0 Å². The van der Waals surface area contributed by atoms with Gasteiger partial charge in [-0.15, -0.1) is 0 Å². The normalized spacial score (nSPS) is 9.38. The number of carbonyl (C=O) groups excluding carboxylic acids is 3. The van der Waals surface area contributed by atoms with Crippen molar-refractivity contribution in [2.24, 2.45) is 0 Å². The highest BCUT2D eigenvalue weighted by atomic mass is 16.6. The molecule has 0 bridgehead atoms. The molecular weight excluding hydrogens is 504 g/mol. The van der Waals surface area contributed by atoms with Gasteiger partial charge in [-0.3, -0.25) is 0 Å². The van der Waals surface area contributed by atoms with Crippen LogP contribution in [0.25, 0.3) is 0 Å². The molecule has 0 aliphatic heterocycles. The van der Waals surface area contributed by atoms with Gasteiger partial charge in [-0.25, -0.2) is 19.2 Å². The van der Waals surface area contributed by atoms with E-state index in [0.717, 1.165) is 23.5 Å². The van der Waals surface area contributed by atoms with Gasteiger partial charge in [0.25, 0.3) is 0 Å². The minimum atomic E-state index is -1.06. The van der Waals surface area contributed by atoms with Crippen LogP contribution in [0.4, 0.5) is 0 Å². The van der Waals surface area contributed by atoms with Crippen molar-refractivity contribution in [3.8, 4) is 5.75 Å². The van der Waals surface area contributed by atoms with Gasteiger partial charge in [0.05, 0.1) is 7.11 Å². The molecule has 0 saturated heterocycles. The zero-order valence-corrected chi connectivity index (χ0v) is 22.2. The Labute approximate surface area is 228 Å². The minimum absolute atomic E-state index is 0.167. The summed E-state index contributed by atoms with van der Waals surface area (Å²) < 4.78 is 19.3. The molecule has 0 aromatic heterocycles. The lowest BCUT2D eigenvalue weighted by Gasteiger charge is -2.05. The van der Waals surface area contributed by atoms with E-state index in [4.69, 9.17) is 19.3 Å². The molecule has 0 spiro atoms. The second-order valence-electron chi connectivity index (χ2n) is 7.42. The fourth-order valence-electron chi connectivity index (χ4n) is 2.26. The van der Waals surface area contributed by atoms with Crippen molar-refractivity contribution >= 4 is 23.9 Å². The maximum atomic E-state index is 11.5. The topological polar surface area (TPSA) is 125 Å². The lowest BCUT2D eigenvalue weighted by Crippen LogP contribution is -2.09. The standard InChI is InChI=1S/C14H14O4.C11H12O3.C5H8O2/c1-11(6-5-9-13(15)16)14(17)18-10-12-7-3-2-4-8-12;1-2-11(12)14-9-8-13-10-6-4-3-5-7-10;1-4(2)5(6)7-3/h2-5,7-9H,1,6,10H2,(H,15,16);2-7H,1,8-9H2;1H2,2-3H3. The largest absolute Gasteiger partial charge is 0.490 e. The maximum absolute atomic E-state index is 11.5. The van der Waals surface area contributed by atoms with Gasteiger partial charge in [0.15, 0.2) is 0 Å². The average molecular weight is 539 g/mol. The Hall–Kier alpha value is -4.92. The van der Waals surface area contributed by atoms with Gasteiger partial charge in [-0.1, -0.05) is 74.3 Å². The van der Waals surface area contributed by atoms with Crippen molar-refractivity contribution in [2.75, 3.05) is 20.3 Å². The number of esters is 3. The molecule has 0 aliphatic rings. The number of allylic oxidation sites excluding steroid dienone is 1. The minimum Gasteiger partial charge on any atom is -0.490 e. The van der Waals surface area contributed by atoms with Crippen molar-refractivity contribution in [3.05, 3.63) is 115 Å². The first kappa shape index (κ1) is 34.1. The summed E-state index contributed by atoms with van der Waals surface area (Å²) >= 11 is 0. The predicted octanol–water partition coefficient (Wildman–Crippen LogP) is 4.85. The fourth-order valence-corrected chi connectivity index (χ4v) is 2.26. The number of aliphatic carboxylic acids is 1. The van der Waals surface area contributed by atoms with E-state index in [0.29, 0.717) is 12.2 Å². The van der Waals surface area contributed by atoms with Gasteiger partial charge >= 0.3 is 23.9 Å². The molecule has 0 atom stereocenters. The molecule has 9 heteroatoms. The molecule has 0 fully saturated rings. The summed E-state index contributed by atoms with van der Waals surface area (Å²) in [6.45, 7) is 12.6. The monoisotopic (exact) mass is 538 g/mol. The van der Waals surface area contributed by atoms with E-state index in [1.165, 1.54) is 13.2 Å². The van der Waals surface area contributed by atoms with Gasteiger partial charge in [0, 0.05) is 23.3 Å². The van der Waals surface area contributed by atoms with Crippen LogP contribution in [0.3, 0.4) is 0 Å². The second-order valence-corrected chi connectivity index (χ2v) is 7.42. The van der Waals surface area contributed by atoms with E-state index in [1.54, 1.807) is 6.92 Å². The molecule has 0 heterocycles. The summed E-state index contributed by atoms with van der Waals surface area (Å²) in [5.74, 6) is -1.59. The predicted molar refractivity (Wildman–Crippen MR) is 147 cm³/mol. The molecule has 208 valence electrons. The number of carboxylic acid groups (broad SMARTS) is 1. The number of para-hydroxylation sites is 1. The van der Waals surface area contributed by atoms with Gasteiger partial charge < -0.3 is 24.1 Å². The Morgan fingerprint density at radius 1 is 0.872 bits per heavy atom. The van der Waals surface area contributed by atoms with Gasteiger partial charge in [0.1, 0.15) is 25.6 Å². The van der Waals surface area contributed by atoms with Crippen LogP contribution in [0.15, 0.2) is 110 Å². The summed E-state index contributed by atoms with van der Waals surface area (Å²) in [5, 5.41) is 8.38. The molecule has 9 nitrogen and oxygen atoms in total. The number of carbonyl (C=O) groups is 4. The van der Waals surface area contributed by atoms with Crippen LogP contribution in [0.5, 0.6) is 5.75 Å². The van der Waals surface area contributed by atoms with Crippen LogP contribution in [0.1, 0.15) is 18.9 Å². The van der Waals surface area contributed by atoms with Crippen molar-refractivity contribution in [3.63, 3.8) is 0 Å². The van der Waals surface area contributed by atoms with E-state index in [-0.39, 0.29) is 31.2 Å². The maximum Gasteiger partial charge on any atom is 0.334 e. The van der Waals surface area contributed by atoms with Crippen LogP contribution in [-0.2, 0) is 40.0 Å². The van der Waals surface area contributed by atoms with Crippen molar-refractivity contribution in [1.29, 1.82) is 0 Å². The number of methoxy groups -OCH3 is 1. The number of benzene rings is 2. The van der Waals surface area contributed by atoms with Gasteiger partial charge in [0.2, 0.25) is 0 Å². The third-order valence-corrected chi connectivity index (χ3v) is 4.17. The molecule has 0 amide bonds. The molecule has 1 N–H and O–H groups in total. The lowest BCUT2D eigenvalue weighted by molar-refractivity contribution is -0.140.